The highest BCUT2D eigenvalue weighted by Crippen LogP contribution is 2.52. The number of benzene rings is 6. The molecule has 0 spiro atoms. The van der Waals surface area contributed by atoms with E-state index in [1.54, 1.807) is 0 Å². The molecule has 0 bridgehead atoms. The summed E-state index contributed by atoms with van der Waals surface area (Å²) in [5.41, 5.74) is 6.77. The zero-order chi connectivity index (χ0) is 33.3. The molecule has 2 N–H and O–H groups in total. The molecule has 0 amide bonds. The highest BCUT2D eigenvalue weighted by atomic mass is 14.9. The van der Waals surface area contributed by atoms with Crippen molar-refractivity contribution in [2.24, 2.45) is 0 Å². The van der Waals surface area contributed by atoms with Gasteiger partial charge in [0.15, 0.2) is 0 Å². The van der Waals surface area contributed by atoms with E-state index >= 15 is 0 Å². The molecular weight excluding hydrogens is 593 g/mol. The Kier molecular flexibility index (Phi) is 8.76. The van der Waals surface area contributed by atoms with E-state index in [4.69, 9.17) is 0 Å². The van der Waals surface area contributed by atoms with Crippen molar-refractivity contribution in [2.45, 2.75) is 52.0 Å². The van der Waals surface area contributed by atoms with E-state index in [-0.39, 0.29) is 0 Å². The summed E-state index contributed by atoms with van der Waals surface area (Å²) in [5.74, 6) is 0. The van der Waals surface area contributed by atoms with E-state index in [9.17, 15) is 0 Å². The summed E-state index contributed by atoms with van der Waals surface area (Å²) < 4.78 is 0. The van der Waals surface area contributed by atoms with Crippen molar-refractivity contribution in [1.29, 1.82) is 0 Å². The number of fused-ring (bicyclic) bond motifs is 6. The average molecular weight is 639 g/mol. The van der Waals surface area contributed by atoms with Crippen LogP contribution in [0.1, 0.15) is 57.6 Å². The van der Waals surface area contributed by atoms with Gasteiger partial charge in [0, 0.05) is 6.04 Å². The average Bonchev–Trinajstić information content (AvgIpc) is 3.67. The van der Waals surface area contributed by atoms with Gasteiger partial charge in [-0.2, -0.15) is 0 Å². The smallest absolute Gasteiger partial charge is 0.0361 e. The number of hydrogen-bond donors (Lipinski definition) is 2. The topological polar surface area (TPSA) is 24.1 Å². The molecule has 49 heavy (non-hydrogen) atoms. The minimum absolute atomic E-state index is 0.348. The second-order valence-corrected chi connectivity index (χ2v) is 13.6. The third-order valence-corrected chi connectivity index (χ3v) is 10.6. The molecule has 8 aromatic rings. The van der Waals surface area contributed by atoms with Crippen LogP contribution >= 0.6 is 0 Å². The first-order chi connectivity index (χ1) is 24.3. The minimum Gasteiger partial charge on any atom is -0.320 e. The van der Waals surface area contributed by atoms with Crippen LogP contribution in [-0.4, -0.2) is 20.1 Å². The van der Waals surface area contributed by atoms with E-state index in [2.05, 4.69) is 146 Å². The van der Waals surface area contributed by atoms with Crippen LogP contribution in [-0.2, 0) is 0 Å². The Bertz CT molecular complexity index is 2430. The standard InChI is InChI=1S/C42H33N.C5H13N/c1-2-3-25-43-34-24-23-33-38-29(34)19-12-22-32(38)41-36(27-13-6-4-7-14-27)39-30-20-10-17-26-18-11-21-31(35(26)30)40(39)37(42(33)41)28-15-8-5-9-16-28;1-3-4-5-6-2/h4-23,34,43H,2-3,24-25H2,1H3;6H,3-5H2,1-2H3. The predicted octanol–water partition coefficient (Wildman–Crippen LogP) is 11.6. The summed E-state index contributed by atoms with van der Waals surface area (Å²) in [7, 11) is 1.98. The second-order valence-electron chi connectivity index (χ2n) is 13.6. The molecule has 0 heterocycles. The first kappa shape index (κ1) is 31.5. The zero-order valence-corrected chi connectivity index (χ0v) is 29.1. The summed E-state index contributed by atoms with van der Waals surface area (Å²) in [6.45, 7) is 6.68. The lowest BCUT2D eigenvalue weighted by molar-refractivity contribution is 0.533. The Morgan fingerprint density at radius 1 is 0.531 bits per heavy atom. The highest BCUT2D eigenvalue weighted by Gasteiger charge is 2.28. The van der Waals surface area contributed by atoms with Gasteiger partial charge in [-0.05, 0) is 126 Å². The molecule has 1 aliphatic carbocycles. The van der Waals surface area contributed by atoms with E-state index in [0.29, 0.717) is 6.04 Å². The van der Waals surface area contributed by atoms with Crippen molar-refractivity contribution >= 4 is 59.9 Å². The Morgan fingerprint density at radius 2 is 1.06 bits per heavy atom. The zero-order valence-electron chi connectivity index (χ0n) is 29.1. The van der Waals surface area contributed by atoms with E-state index in [0.717, 1.165) is 19.5 Å². The molecular formula is C47H46N2. The fraction of sp³-hybridized carbons (Fsp3) is 0.234. The Morgan fingerprint density at radius 3 is 1.63 bits per heavy atom. The molecule has 1 aliphatic rings. The normalized spacial score (nSPS) is 14.1. The molecule has 2 heteroatoms. The molecule has 0 aliphatic heterocycles. The predicted molar refractivity (Wildman–Crippen MR) is 215 cm³/mol. The molecule has 8 aromatic carbocycles. The molecule has 0 fully saturated rings. The van der Waals surface area contributed by atoms with Gasteiger partial charge < -0.3 is 10.6 Å². The maximum Gasteiger partial charge on any atom is 0.0361 e. The fourth-order valence-electron chi connectivity index (χ4n) is 8.43. The molecule has 0 saturated heterocycles. The van der Waals surface area contributed by atoms with Gasteiger partial charge in [-0.25, -0.2) is 0 Å². The lowest BCUT2D eigenvalue weighted by Crippen LogP contribution is -2.25. The van der Waals surface area contributed by atoms with Gasteiger partial charge in [-0.15, -0.1) is 0 Å². The van der Waals surface area contributed by atoms with Crippen LogP contribution in [0.5, 0.6) is 0 Å². The van der Waals surface area contributed by atoms with E-state index in [1.807, 2.05) is 7.05 Å². The summed E-state index contributed by atoms with van der Waals surface area (Å²) in [6.07, 6.45) is 8.56. The van der Waals surface area contributed by atoms with E-state index < -0.39 is 0 Å². The number of unbranched alkanes of at least 4 members (excludes halogenated alkanes) is 2. The molecule has 0 radical (unpaired) electrons. The quantitative estimate of drug-likeness (QED) is 0.154. The summed E-state index contributed by atoms with van der Waals surface area (Å²) in [6, 6.07) is 43.4. The summed E-state index contributed by atoms with van der Waals surface area (Å²) in [4.78, 5) is 0. The van der Waals surface area contributed by atoms with Crippen molar-refractivity contribution in [3.8, 4) is 22.3 Å². The van der Waals surface area contributed by atoms with Crippen LogP contribution in [0, 0.1) is 0 Å². The minimum atomic E-state index is 0.348. The molecule has 9 rings (SSSR count). The first-order valence-electron chi connectivity index (χ1n) is 18.4. The molecule has 1 atom stereocenters. The number of hydrogen-bond acceptors (Lipinski definition) is 2. The molecule has 0 aromatic heterocycles. The van der Waals surface area contributed by atoms with Crippen LogP contribution in [0.2, 0.25) is 0 Å². The van der Waals surface area contributed by atoms with Gasteiger partial charge in [0.05, 0.1) is 0 Å². The third-order valence-electron chi connectivity index (χ3n) is 10.6. The molecule has 244 valence electrons. The number of rotatable bonds is 9. The number of nitrogens with one attached hydrogen (secondary N) is 2. The van der Waals surface area contributed by atoms with Crippen molar-refractivity contribution in [2.75, 3.05) is 20.1 Å². The lowest BCUT2D eigenvalue weighted by atomic mass is 9.87. The fourth-order valence-corrected chi connectivity index (χ4v) is 8.43. The Hall–Kier alpha value is -4.76. The largest absolute Gasteiger partial charge is 0.320 e. The van der Waals surface area contributed by atoms with Crippen molar-refractivity contribution in [3.05, 3.63) is 126 Å². The second kappa shape index (κ2) is 13.6. The maximum absolute atomic E-state index is 3.90. The first-order valence-corrected chi connectivity index (χ1v) is 18.4. The SMILES string of the molecule is CCCCNC.CCCCNC1CC=c2c3c1cccc3c1c(-c3ccccc3)c3c4cccc5cccc(c3c(-c3ccccc3)c21)c54. The summed E-state index contributed by atoms with van der Waals surface area (Å²) >= 11 is 0. The summed E-state index contributed by atoms with van der Waals surface area (Å²) in [5, 5.41) is 22.2. The molecule has 0 saturated carbocycles. The molecule has 1 unspecified atom stereocenters. The van der Waals surface area contributed by atoms with Crippen LogP contribution in [0.3, 0.4) is 0 Å². The van der Waals surface area contributed by atoms with Gasteiger partial charge in [0.25, 0.3) is 0 Å². The van der Waals surface area contributed by atoms with E-state index in [1.165, 1.54) is 113 Å². The monoisotopic (exact) mass is 638 g/mol. The highest BCUT2D eigenvalue weighted by molar-refractivity contribution is 6.42. The Balaban J connectivity index is 0.000000536. The maximum atomic E-state index is 3.90. The van der Waals surface area contributed by atoms with Gasteiger partial charge in [0.2, 0.25) is 0 Å². The van der Waals surface area contributed by atoms with Gasteiger partial charge in [-0.1, -0.05) is 148 Å². The van der Waals surface area contributed by atoms with Gasteiger partial charge in [0.1, 0.15) is 0 Å². The van der Waals surface area contributed by atoms with Crippen LogP contribution in [0.4, 0.5) is 0 Å². The third kappa shape index (κ3) is 5.26. The lowest BCUT2D eigenvalue weighted by Gasteiger charge is -2.22. The van der Waals surface area contributed by atoms with Crippen LogP contribution < -0.4 is 15.9 Å². The van der Waals surface area contributed by atoms with Gasteiger partial charge in [-0.3, -0.25) is 0 Å². The molecule has 2 nitrogen and oxygen atoms in total. The van der Waals surface area contributed by atoms with Crippen LogP contribution in [0.25, 0.3) is 82.2 Å². The van der Waals surface area contributed by atoms with Gasteiger partial charge >= 0.3 is 0 Å². The van der Waals surface area contributed by atoms with Crippen molar-refractivity contribution in [1.82, 2.24) is 10.6 Å². The van der Waals surface area contributed by atoms with Crippen molar-refractivity contribution < 1.29 is 0 Å². The van der Waals surface area contributed by atoms with Crippen LogP contribution in [0.15, 0.2) is 115 Å². The Labute approximate surface area is 290 Å². The van der Waals surface area contributed by atoms with Crippen molar-refractivity contribution in [3.63, 3.8) is 0 Å².